The molecule has 7 nitrogen and oxygen atoms in total. The van der Waals surface area contributed by atoms with Crippen LogP contribution in [0.4, 0.5) is 5.69 Å². The maximum absolute atomic E-state index is 12.2. The van der Waals surface area contributed by atoms with E-state index in [1.165, 1.54) is 6.07 Å². The zero-order valence-electron chi connectivity index (χ0n) is 15.5. The summed E-state index contributed by atoms with van der Waals surface area (Å²) in [6, 6.07) is 12.0. The van der Waals surface area contributed by atoms with Gasteiger partial charge in [0.1, 0.15) is 0 Å². The number of carbonyl (C=O) groups is 2. The molecule has 0 aliphatic heterocycles. The Labute approximate surface area is 159 Å². The number of sulfonamides is 1. The zero-order chi connectivity index (χ0) is 20.0. The lowest BCUT2D eigenvalue weighted by Crippen LogP contribution is -2.40. The lowest BCUT2D eigenvalue weighted by atomic mass is 10.1. The van der Waals surface area contributed by atoms with Crippen LogP contribution in [-0.2, 0) is 19.6 Å². The molecule has 3 N–H and O–H groups in total. The van der Waals surface area contributed by atoms with Crippen molar-refractivity contribution in [1.29, 1.82) is 0 Å². The smallest absolute Gasteiger partial charge is 0.243 e. The van der Waals surface area contributed by atoms with E-state index in [4.69, 9.17) is 0 Å². The van der Waals surface area contributed by atoms with Crippen molar-refractivity contribution in [2.75, 3.05) is 18.4 Å². The molecule has 0 fully saturated rings. The van der Waals surface area contributed by atoms with Gasteiger partial charge in [-0.15, -0.1) is 0 Å². The molecule has 0 atom stereocenters. The van der Waals surface area contributed by atoms with Crippen LogP contribution in [0.15, 0.2) is 47.4 Å². The van der Waals surface area contributed by atoms with E-state index in [9.17, 15) is 18.0 Å². The first-order valence-corrected chi connectivity index (χ1v) is 9.86. The highest BCUT2D eigenvalue weighted by atomic mass is 32.2. The molecule has 0 unspecified atom stereocenters. The third-order valence-electron chi connectivity index (χ3n) is 3.96. The normalized spacial score (nSPS) is 11.1. The summed E-state index contributed by atoms with van der Waals surface area (Å²) in [6.45, 7) is 4.90. The van der Waals surface area contributed by atoms with Gasteiger partial charge in [-0.05, 0) is 61.7 Å². The third kappa shape index (κ3) is 6.19. The summed E-state index contributed by atoms with van der Waals surface area (Å²) in [7, 11) is -3.80. The number of carbonyl (C=O) groups excluding carboxylic acids is 2. The summed E-state index contributed by atoms with van der Waals surface area (Å²) in [5, 5.41) is 5.04. The molecule has 2 amide bonds. The van der Waals surface area contributed by atoms with Gasteiger partial charge in [-0.25, -0.2) is 13.1 Å². The van der Waals surface area contributed by atoms with Gasteiger partial charge in [-0.3, -0.25) is 9.59 Å². The number of rotatable bonds is 7. The van der Waals surface area contributed by atoms with E-state index in [2.05, 4.69) is 15.4 Å². The number of nitrogens with one attached hydrogen (secondary N) is 3. The molecular weight excluding hydrogens is 366 g/mol. The van der Waals surface area contributed by atoms with E-state index < -0.39 is 28.4 Å². The molecule has 2 aromatic rings. The van der Waals surface area contributed by atoms with Crippen LogP contribution in [0.2, 0.25) is 0 Å². The van der Waals surface area contributed by atoms with Gasteiger partial charge in [0.2, 0.25) is 21.8 Å². The van der Waals surface area contributed by atoms with Gasteiger partial charge < -0.3 is 10.6 Å². The van der Waals surface area contributed by atoms with E-state index >= 15 is 0 Å². The molecule has 144 valence electrons. The number of hydrogen-bond acceptors (Lipinski definition) is 4. The molecule has 0 aliphatic carbocycles. The van der Waals surface area contributed by atoms with E-state index in [1.807, 2.05) is 32.9 Å². The zero-order valence-corrected chi connectivity index (χ0v) is 16.3. The van der Waals surface area contributed by atoms with E-state index in [-0.39, 0.29) is 11.4 Å². The Morgan fingerprint density at radius 1 is 0.889 bits per heavy atom. The average Bonchev–Trinajstić information content (AvgIpc) is 2.60. The first-order valence-electron chi connectivity index (χ1n) is 8.37. The predicted octanol–water partition coefficient (Wildman–Crippen LogP) is 1.65. The van der Waals surface area contributed by atoms with E-state index in [0.29, 0.717) is 5.69 Å². The Balaban J connectivity index is 1.83. The number of benzene rings is 2. The monoisotopic (exact) mass is 389 g/mol. The van der Waals surface area contributed by atoms with Crippen molar-refractivity contribution in [2.45, 2.75) is 25.7 Å². The summed E-state index contributed by atoms with van der Waals surface area (Å²) in [5.41, 5.74) is 3.45. The van der Waals surface area contributed by atoms with Crippen LogP contribution in [0.3, 0.4) is 0 Å². The highest BCUT2D eigenvalue weighted by Crippen LogP contribution is 2.14. The number of aryl methyl sites for hydroxylation is 3. The van der Waals surface area contributed by atoms with Gasteiger partial charge in [0.05, 0.1) is 18.0 Å². The maximum atomic E-state index is 12.2. The Morgan fingerprint density at radius 2 is 1.63 bits per heavy atom. The highest BCUT2D eigenvalue weighted by Gasteiger charge is 2.16. The van der Waals surface area contributed by atoms with Crippen LogP contribution in [0.5, 0.6) is 0 Å². The van der Waals surface area contributed by atoms with Crippen molar-refractivity contribution >= 4 is 27.5 Å². The van der Waals surface area contributed by atoms with Gasteiger partial charge in [0.15, 0.2) is 0 Å². The van der Waals surface area contributed by atoms with E-state index in [0.717, 1.165) is 16.7 Å². The third-order valence-corrected chi connectivity index (χ3v) is 5.36. The quantitative estimate of drug-likeness (QED) is 0.670. The summed E-state index contributed by atoms with van der Waals surface area (Å²) in [4.78, 5) is 23.8. The molecule has 0 spiro atoms. The van der Waals surface area contributed by atoms with Crippen LogP contribution in [0.1, 0.15) is 16.7 Å². The molecule has 0 saturated carbocycles. The second-order valence-electron chi connectivity index (χ2n) is 6.27. The minimum absolute atomic E-state index is 0.0931. The maximum Gasteiger partial charge on any atom is 0.243 e. The van der Waals surface area contributed by atoms with Crippen molar-refractivity contribution in [3.63, 3.8) is 0 Å². The Morgan fingerprint density at radius 3 is 2.30 bits per heavy atom. The highest BCUT2D eigenvalue weighted by molar-refractivity contribution is 7.89. The molecule has 0 aromatic heterocycles. The average molecular weight is 389 g/mol. The molecule has 0 radical (unpaired) electrons. The standard InChI is InChI=1S/C19H23N3O4S/c1-13-5-4-6-16(9-13)22-19(24)11-20-18(23)12-21-27(25,26)17-8-7-14(2)15(3)10-17/h4-10,21H,11-12H2,1-3H3,(H,20,23)(H,22,24). The summed E-state index contributed by atoms with van der Waals surface area (Å²) < 4.78 is 26.7. The minimum Gasteiger partial charge on any atom is -0.346 e. The SMILES string of the molecule is Cc1cccc(NC(=O)CNC(=O)CNS(=O)(=O)c2ccc(C)c(C)c2)c1. The van der Waals surface area contributed by atoms with Crippen LogP contribution in [0.25, 0.3) is 0 Å². The van der Waals surface area contributed by atoms with Crippen LogP contribution < -0.4 is 15.4 Å². The molecule has 0 saturated heterocycles. The second-order valence-corrected chi connectivity index (χ2v) is 8.03. The molecule has 27 heavy (non-hydrogen) atoms. The fraction of sp³-hybridized carbons (Fsp3) is 0.263. The van der Waals surface area contributed by atoms with Crippen LogP contribution >= 0.6 is 0 Å². The lowest BCUT2D eigenvalue weighted by Gasteiger charge is -2.10. The molecule has 2 aromatic carbocycles. The van der Waals surface area contributed by atoms with Gasteiger partial charge in [0, 0.05) is 5.69 Å². The van der Waals surface area contributed by atoms with Crippen molar-refractivity contribution in [1.82, 2.24) is 10.0 Å². The first-order chi connectivity index (χ1) is 12.7. The molecular formula is C19H23N3O4S. The van der Waals surface area contributed by atoms with Crippen LogP contribution in [-0.4, -0.2) is 33.3 Å². The summed E-state index contributed by atoms with van der Waals surface area (Å²) >= 11 is 0. The van der Waals surface area contributed by atoms with Crippen molar-refractivity contribution in [2.24, 2.45) is 0 Å². The van der Waals surface area contributed by atoms with Gasteiger partial charge in [-0.1, -0.05) is 18.2 Å². The van der Waals surface area contributed by atoms with Crippen LogP contribution in [0, 0.1) is 20.8 Å². The number of anilines is 1. The largest absolute Gasteiger partial charge is 0.346 e. The first kappa shape index (κ1) is 20.6. The number of amides is 2. The molecule has 0 aliphatic rings. The van der Waals surface area contributed by atoms with Crippen molar-refractivity contribution in [3.05, 3.63) is 59.2 Å². The minimum atomic E-state index is -3.80. The Hall–Kier alpha value is -2.71. The number of hydrogen-bond donors (Lipinski definition) is 3. The Bertz CT molecular complexity index is 955. The van der Waals surface area contributed by atoms with E-state index in [1.54, 1.807) is 24.3 Å². The fourth-order valence-electron chi connectivity index (χ4n) is 2.29. The molecule has 2 rings (SSSR count). The van der Waals surface area contributed by atoms with Gasteiger partial charge >= 0.3 is 0 Å². The fourth-order valence-corrected chi connectivity index (χ4v) is 3.36. The summed E-state index contributed by atoms with van der Waals surface area (Å²) in [6.07, 6.45) is 0. The Kier molecular flexibility index (Phi) is 6.70. The predicted molar refractivity (Wildman–Crippen MR) is 104 cm³/mol. The molecule has 0 heterocycles. The topological polar surface area (TPSA) is 104 Å². The van der Waals surface area contributed by atoms with Gasteiger partial charge in [-0.2, -0.15) is 0 Å². The summed E-state index contributed by atoms with van der Waals surface area (Å²) in [5.74, 6) is -0.993. The lowest BCUT2D eigenvalue weighted by molar-refractivity contribution is -0.123. The molecule has 0 bridgehead atoms. The van der Waals surface area contributed by atoms with Crippen molar-refractivity contribution in [3.8, 4) is 0 Å². The van der Waals surface area contributed by atoms with Crippen molar-refractivity contribution < 1.29 is 18.0 Å². The second kappa shape index (κ2) is 8.79. The molecule has 8 heteroatoms. The van der Waals surface area contributed by atoms with Gasteiger partial charge in [0.25, 0.3) is 0 Å².